The van der Waals surface area contributed by atoms with Crippen molar-refractivity contribution in [1.82, 2.24) is 0 Å². The average Bonchev–Trinajstić information content (AvgIpc) is 3.09. The summed E-state index contributed by atoms with van der Waals surface area (Å²) in [6.07, 6.45) is 0. The molecular formula is C31H31BrClNO2. The molecule has 5 heteroatoms. The molecule has 0 N–H and O–H groups in total. The monoisotopic (exact) mass is 563 g/mol. The van der Waals surface area contributed by atoms with Gasteiger partial charge in [0.25, 0.3) is 0 Å². The van der Waals surface area contributed by atoms with Crippen molar-refractivity contribution in [3.8, 4) is 0 Å². The van der Waals surface area contributed by atoms with Crippen molar-refractivity contribution in [2.75, 3.05) is 11.5 Å². The van der Waals surface area contributed by atoms with Gasteiger partial charge in [0.15, 0.2) is 6.04 Å². The summed E-state index contributed by atoms with van der Waals surface area (Å²) in [6.45, 7) is 10.8. The number of ether oxygens (including phenoxy) is 1. The Balaban J connectivity index is 2.14. The smallest absolute Gasteiger partial charge is 0.333 e. The Labute approximate surface area is 227 Å². The Kier molecular flexibility index (Phi) is 7.77. The normalized spacial score (nSPS) is 18.2. The van der Waals surface area contributed by atoms with E-state index in [1.807, 2.05) is 73.7 Å². The fraction of sp³-hybridized carbons (Fsp3) is 0.258. The van der Waals surface area contributed by atoms with Crippen molar-refractivity contribution in [3.63, 3.8) is 0 Å². The van der Waals surface area contributed by atoms with Crippen LogP contribution in [-0.2, 0) is 9.53 Å². The molecule has 1 saturated heterocycles. The lowest BCUT2D eigenvalue weighted by atomic mass is 9.82. The number of hydrogen-bond acceptors (Lipinski definition) is 3. The first-order valence-corrected chi connectivity index (χ1v) is 13.3. The highest BCUT2D eigenvalue weighted by atomic mass is 79.9. The Morgan fingerprint density at radius 1 is 0.944 bits per heavy atom. The summed E-state index contributed by atoms with van der Waals surface area (Å²) in [6, 6.07) is 25.6. The van der Waals surface area contributed by atoms with Gasteiger partial charge in [0.05, 0.1) is 12.1 Å². The lowest BCUT2D eigenvalue weighted by Crippen LogP contribution is -2.47. The molecule has 0 spiro atoms. The number of esters is 1. The predicted octanol–water partition coefficient (Wildman–Crippen LogP) is 8.47. The maximum atomic E-state index is 13.8. The lowest BCUT2D eigenvalue weighted by molar-refractivity contribution is -0.143. The molecule has 1 fully saturated rings. The molecule has 0 saturated carbocycles. The van der Waals surface area contributed by atoms with Gasteiger partial charge < -0.3 is 9.64 Å². The highest BCUT2D eigenvalue weighted by molar-refractivity contribution is 9.10. The second-order valence-corrected chi connectivity index (χ2v) is 10.9. The fourth-order valence-electron chi connectivity index (χ4n) is 5.40. The van der Waals surface area contributed by atoms with E-state index < -0.39 is 11.6 Å². The van der Waals surface area contributed by atoms with Crippen LogP contribution in [-0.4, -0.2) is 24.2 Å². The third kappa shape index (κ3) is 4.89. The Hall–Kier alpha value is -2.82. The van der Waals surface area contributed by atoms with Gasteiger partial charge in [0.1, 0.15) is 0 Å². The van der Waals surface area contributed by atoms with Crippen LogP contribution < -0.4 is 4.90 Å². The van der Waals surface area contributed by atoms with Crippen molar-refractivity contribution in [2.45, 2.75) is 46.2 Å². The van der Waals surface area contributed by atoms with E-state index in [9.17, 15) is 4.79 Å². The molecule has 3 aromatic carbocycles. The van der Waals surface area contributed by atoms with Crippen LogP contribution >= 0.6 is 27.5 Å². The topological polar surface area (TPSA) is 29.5 Å². The molecular weight excluding hydrogens is 534 g/mol. The van der Waals surface area contributed by atoms with Crippen molar-refractivity contribution in [3.05, 3.63) is 116 Å². The van der Waals surface area contributed by atoms with E-state index in [0.29, 0.717) is 11.6 Å². The summed E-state index contributed by atoms with van der Waals surface area (Å²) in [4.78, 5) is 16.0. The summed E-state index contributed by atoms with van der Waals surface area (Å²) < 4.78 is 6.71. The minimum absolute atomic E-state index is 0.262. The molecule has 1 unspecified atom stereocenters. The molecule has 1 atom stereocenters. The molecule has 3 nitrogen and oxygen atoms in total. The molecule has 0 bridgehead atoms. The fourth-order valence-corrected chi connectivity index (χ4v) is 5.79. The van der Waals surface area contributed by atoms with E-state index in [2.05, 4.69) is 60.7 Å². The molecule has 1 aliphatic heterocycles. The van der Waals surface area contributed by atoms with E-state index in [1.165, 1.54) is 0 Å². The first kappa shape index (κ1) is 26.2. The van der Waals surface area contributed by atoms with E-state index in [1.54, 1.807) is 0 Å². The van der Waals surface area contributed by atoms with E-state index in [4.69, 9.17) is 16.3 Å². The summed E-state index contributed by atoms with van der Waals surface area (Å²) in [5.74, 6) is -0.262. The Bertz CT molecular complexity index is 1300. The van der Waals surface area contributed by atoms with Gasteiger partial charge >= 0.3 is 5.97 Å². The number of benzene rings is 3. The van der Waals surface area contributed by atoms with Gasteiger partial charge in [-0.1, -0.05) is 75.6 Å². The molecule has 4 rings (SSSR count). The van der Waals surface area contributed by atoms with Gasteiger partial charge in [-0.05, 0) is 98.9 Å². The number of carbonyl (C=O) groups excluding carboxylic acids is 1. The molecule has 3 aromatic rings. The van der Waals surface area contributed by atoms with Crippen LogP contribution in [0.15, 0.2) is 100 Å². The Morgan fingerprint density at radius 3 is 2.08 bits per heavy atom. The number of hydrogen-bond donors (Lipinski definition) is 0. The number of carbonyl (C=O) groups is 1. The summed E-state index contributed by atoms with van der Waals surface area (Å²) in [5.41, 5.74) is 6.79. The third-order valence-corrected chi connectivity index (χ3v) is 7.38. The molecule has 0 aromatic heterocycles. The van der Waals surface area contributed by atoms with Gasteiger partial charge in [-0.25, -0.2) is 4.79 Å². The van der Waals surface area contributed by atoms with Crippen molar-refractivity contribution in [1.29, 1.82) is 0 Å². The van der Waals surface area contributed by atoms with Crippen LogP contribution in [0.2, 0.25) is 5.02 Å². The average molecular weight is 565 g/mol. The van der Waals surface area contributed by atoms with E-state index in [0.717, 1.165) is 43.6 Å². The summed E-state index contributed by atoms with van der Waals surface area (Å²) in [7, 11) is 0. The maximum Gasteiger partial charge on any atom is 0.333 e. The van der Waals surface area contributed by atoms with Crippen molar-refractivity contribution >= 4 is 44.8 Å². The van der Waals surface area contributed by atoms with Crippen LogP contribution in [0.25, 0.3) is 5.57 Å². The van der Waals surface area contributed by atoms with Crippen LogP contribution in [0.3, 0.4) is 0 Å². The van der Waals surface area contributed by atoms with E-state index in [-0.39, 0.29) is 5.97 Å². The first-order chi connectivity index (χ1) is 17.2. The number of allylic oxidation sites excluding steroid dienone is 1. The van der Waals surface area contributed by atoms with Gasteiger partial charge in [-0.15, -0.1) is 0 Å². The lowest BCUT2D eigenvalue weighted by Gasteiger charge is -2.37. The van der Waals surface area contributed by atoms with Gasteiger partial charge in [-0.2, -0.15) is 0 Å². The second-order valence-electron chi connectivity index (χ2n) is 9.60. The molecule has 0 radical (unpaired) electrons. The van der Waals surface area contributed by atoms with Crippen molar-refractivity contribution < 1.29 is 9.53 Å². The molecule has 0 amide bonds. The number of rotatable bonds is 5. The molecule has 36 heavy (non-hydrogen) atoms. The minimum atomic E-state index is -0.628. The zero-order chi connectivity index (χ0) is 26.0. The van der Waals surface area contributed by atoms with E-state index >= 15 is 0 Å². The van der Waals surface area contributed by atoms with Gasteiger partial charge in [0, 0.05) is 15.2 Å². The first-order valence-electron chi connectivity index (χ1n) is 12.1. The predicted molar refractivity (Wildman–Crippen MR) is 153 cm³/mol. The largest absolute Gasteiger partial charge is 0.464 e. The molecule has 1 aliphatic rings. The zero-order valence-electron chi connectivity index (χ0n) is 21.3. The molecule has 186 valence electrons. The highest BCUT2D eigenvalue weighted by Crippen LogP contribution is 2.50. The van der Waals surface area contributed by atoms with Gasteiger partial charge in [-0.3, -0.25) is 0 Å². The number of nitrogens with zero attached hydrogens (tertiary/aromatic N) is 1. The quantitative estimate of drug-likeness (QED) is 0.291. The maximum absolute atomic E-state index is 13.8. The Morgan fingerprint density at radius 2 is 1.53 bits per heavy atom. The highest BCUT2D eigenvalue weighted by Gasteiger charge is 2.52. The standard InChI is InChI=1S/C31H31BrClNO2/c1-6-36-30(35)29-27(26(21-10-8-7-9-11-21)22-12-16-24(33)17-13-22)28(20(2)3)31(4,5)34(29)25-18-14-23(32)15-19-25/h7-19,29H,6H2,1-5H3/b27-26+. The third-order valence-electron chi connectivity index (χ3n) is 6.59. The van der Waals surface area contributed by atoms with Gasteiger partial charge in [0.2, 0.25) is 0 Å². The van der Waals surface area contributed by atoms with Crippen LogP contribution in [0, 0.1) is 0 Å². The number of anilines is 1. The SMILES string of the molecule is CCOC(=O)C1/C(=C(\c2ccccc2)c2ccc(Cl)cc2)C(=C(C)C)C(C)(C)N1c1ccc(Br)cc1. The summed E-state index contributed by atoms with van der Waals surface area (Å²) in [5, 5.41) is 0.670. The zero-order valence-corrected chi connectivity index (χ0v) is 23.7. The van der Waals surface area contributed by atoms with Crippen LogP contribution in [0.5, 0.6) is 0 Å². The molecule has 0 aliphatic carbocycles. The second kappa shape index (κ2) is 10.7. The van der Waals surface area contributed by atoms with Crippen molar-refractivity contribution in [2.24, 2.45) is 0 Å². The summed E-state index contributed by atoms with van der Waals surface area (Å²) >= 11 is 9.82. The minimum Gasteiger partial charge on any atom is -0.464 e. The number of halogens is 2. The van der Waals surface area contributed by atoms with Crippen LogP contribution in [0.4, 0.5) is 5.69 Å². The molecule has 1 heterocycles. The van der Waals surface area contributed by atoms with Crippen LogP contribution in [0.1, 0.15) is 45.7 Å².